The molecule has 0 bridgehead atoms. The summed E-state index contributed by atoms with van der Waals surface area (Å²) in [5, 5.41) is -0.354. The van der Waals surface area contributed by atoms with Crippen LogP contribution >= 0.6 is 11.8 Å². The fraction of sp³-hybridized carbons (Fsp3) is 0.650. The first kappa shape index (κ1) is 20.8. The predicted molar refractivity (Wildman–Crippen MR) is 105 cm³/mol. The van der Waals surface area contributed by atoms with E-state index in [-0.39, 0.29) is 29.8 Å². The van der Waals surface area contributed by atoms with E-state index >= 15 is 0 Å². The summed E-state index contributed by atoms with van der Waals surface area (Å²) in [6.07, 6.45) is 5.74. The SMILES string of the molecule is CC(=O)N1[C@H](C(=O)OCC(=O)N(C)C2CCC(C)CC2)CS[C@H]1c1ccco1. The molecule has 1 aliphatic heterocycles. The number of furan rings is 1. The number of hydrogen-bond donors (Lipinski definition) is 0. The van der Waals surface area contributed by atoms with Crippen LogP contribution in [0.25, 0.3) is 0 Å². The lowest BCUT2D eigenvalue weighted by Crippen LogP contribution is -2.45. The van der Waals surface area contributed by atoms with Crippen LogP contribution in [-0.2, 0) is 19.1 Å². The zero-order chi connectivity index (χ0) is 20.3. The van der Waals surface area contributed by atoms with Gasteiger partial charge in [0.15, 0.2) is 6.61 Å². The van der Waals surface area contributed by atoms with Crippen LogP contribution in [0, 0.1) is 5.92 Å². The van der Waals surface area contributed by atoms with Gasteiger partial charge in [-0.2, -0.15) is 0 Å². The zero-order valence-corrected chi connectivity index (χ0v) is 17.4. The quantitative estimate of drug-likeness (QED) is 0.697. The van der Waals surface area contributed by atoms with Gasteiger partial charge in [-0.25, -0.2) is 4.79 Å². The van der Waals surface area contributed by atoms with Crippen LogP contribution in [0.4, 0.5) is 0 Å². The zero-order valence-electron chi connectivity index (χ0n) is 16.6. The standard InChI is InChI=1S/C20H28N2O5S/c1-13-6-8-15(9-7-13)21(3)18(24)11-27-20(25)16-12-28-19(22(16)14(2)23)17-5-4-10-26-17/h4-5,10,13,15-16,19H,6-9,11-12H2,1-3H3/t13?,15?,16-,19-/m0/s1. The molecule has 2 aliphatic rings. The van der Waals surface area contributed by atoms with Gasteiger partial charge in [-0.05, 0) is 43.7 Å². The normalized spacial score (nSPS) is 27.5. The molecule has 1 saturated heterocycles. The molecular weight excluding hydrogens is 380 g/mol. The highest BCUT2D eigenvalue weighted by atomic mass is 32.2. The average molecular weight is 409 g/mol. The molecule has 1 aromatic rings. The molecule has 1 saturated carbocycles. The van der Waals surface area contributed by atoms with Crippen LogP contribution in [0.5, 0.6) is 0 Å². The van der Waals surface area contributed by atoms with Gasteiger partial charge in [0.05, 0.1) is 6.26 Å². The van der Waals surface area contributed by atoms with Crippen molar-refractivity contribution in [2.75, 3.05) is 19.4 Å². The molecule has 2 fully saturated rings. The number of esters is 1. The second-order valence-electron chi connectivity index (χ2n) is 7.67. The van der Waals surface area contributed by atoms with Crippen molar-refractivity contribution in [2.45, 2.75) is 57.0 Å². The fourth-order valence-corrected chi connectivity index (χ4v) is 5.30. The average Bonchev–Trinajstić information content (AvgIpc) is 3.35. The molecular formula is C20H28N2O5S. The summed E-state index contributed by atoms with van der Waals surface area (Å²) < 4.78 is 10.7. The van der Waals surface area contributed by atoms with Gasteiger partial charge in [0, 0.05) is 25.8 Å². The minimum atomic E-state index is -0.716. The molecule has 0 spiro atoms. The molecule has 0 N–H and O–H groups in total. The van der Waals surface area contributed by atoms with Crippen LogP contribution in [-0.4, -0.2) is 59.1 Å². The van der Waals surface area contributed by atoms with E-state index in [0.717, 1.165) is 25.7 Å². The number of hydrogen-bond acceptors (Lipinski definition) is 6. The number of thioether (sulfide) groups is 1. The van der Waals surface area contributed by atoms with Gasteiger partial charge in [0.1, 0.15) is 17.2 Å². The maximum atomic E-state index is 12.6. The lowest BCUT2D eigenvalue weighted by molar-refractivity contribution is -0.158. The Balaban J connectivity index is 1.55. The van der Waals surface area contributed by atoms with Crippen molar-refractivity contribution in [3.05, 3.63) is 24.2 Å². The van der Waals surface area contributed by atoms with Crippen molar-refractivity contribution in [3.8, 4) is 0 Å². The second-order valence-corrected chi connectivity index (χ2v) is 8.78. The molecule has 8 heteroatoms. The first-order chi connectivity index (χ1) is 13.4. The van der Waals surface area contributed by atoms with Gasteiger partial charge in [0.25, 0.3) is 5.91 Å². The third kappa shape index (κ3) is 4.54. The summed E-state index contributed by atoms with van der Waals surface area (Å²) in [7, 11) is 1.77. The van der Waals surface area contributed by atoms with E-state index in [2.05, 4.69) is 6.92 Å². The van der Waals surface area contributed by atoms with Gasteiger partial charge in [-0.1, -0.05) is 6.92 Å². The summed E-state index contributed by atoms with van der Waals surface area (Å²) in [5.41, 5.74) is 0. The van der Waals surface area contributed by atoms with Crippen molar-refractivity contribution in [2.24, 2.45) is 5.92 Å². The number of likely N-dealkylation sites (N-methyl/N-ethyl adjacent to an activating group) is 1. The maximum Gasteiger partial charge on any atom is 0.330 e. The minimum Gasteiger partial charge on any atom is -0.466 e. The van der Waals surface area contributed by atoms with Crippen molar-refractivity contribution in [1.82, 2.24) is 9.80 Å². The summed E-state index contributed by atoms with van der Waals surface area (Å²) in [6, 6.07) is 3.03. The van der Waals surface area contributed by atoms with Gasteiger partial charge < -0.3 is 19.0 Å². The Morgan fingerprint density at radius 1 is 1.29 bits per heavy atom. The fourth-order valence-electron chi connectivity index (χ4n) is 3.89. The molecule has 2 amide bonds. The number of amides is 2. The number of carbonyl (C=O) groups excluding carboxylic acids is 3. The smallest absolute Gasteiger partial charge is 0.330 e. The number of ether oxygens (including phenoxy) is 1. The van der Waals surface area contributed by atoms with Crippen molar-refractivity contribution in [1.29, 1.82) is 0 Å². The summed E-state index contributed by atoms with van der Waals surface area (Å²) in [4.78, 5) is 40.4. The molecule has 154 valence electrons. The molecule has 2 atom stereocenters. The van der Waals surface area contributed by atoms with E-state index in [1.54, 1.807) is 30.3 Å². The number of carbonyl (C=O) groups is 3. The van der Waals surface area contributed by atoms with Crippen molar-refractivity contribution >= 4 is 29.5 Å². The molecule has 7 nitrogen and oxygen atoms in total. The number of rotatable bonds is 5. The molecule has 1 aromatic heterocycles. The monoisotopic (exact) mass is 408 g/mol. The van der Waals surface area contributed by atoms with E-state index in [0.29, 0.717) is 17.4 Å². The molecule has 0 aromatic carbocycles. The van der Waals surface area contributed by atoms with Crippen molar-refractivity contribution in [3.63, 3.8) is 0 Å². The van der Waals surface area contributed by atoms with E-state index in [1.165, 1.54) is 23.6 Å². The van der Waals surface area contributed by atoms with E-state index in [4.69, 9.17) is 9.15 Å². The van der Waals surface area contributed by atoms with Crippen LogP contribution in [0.1, 0.15) is 50.7 Å². The maximum absolute atomic E-state index is 12.6. The summed E-state index contributed by atoms with van der Waals surface area (Å²) in [6.45, 7) is 3.36. The Labute approximate surface area is 169 Å². The minimum absolute atomic E-state index is 0.199. The molecule has 2 heterocycles. The first-order valence-electron chi connectivity index (χ1n) is 9.74. The second kappa shape index (κ2) is 9.03. The summed E-state index contributed by atoms with van der Waals surface area (Å²) in [5.74, 6) is 0.767. The molecule has 1 aliphatic carbocycles. The Kier molecular flexibility index (Phi) is 6.69. The molecule has 28 heavy (non-hydrogen) atoms. The Bertz CT molecular complexity index is 699. The lowest BCUT2D eigenvalue weighted by Gasteiger charge is -2.33. The van der Waals surface area contributed by atoms with Crippen LogP contribution in [0.15, 0.2) is 22.8 Å². The molecule has 0 unspecified atom stereocenters. The highest BCUT2D eigenvalue weighted by Crippen LogP contribution is 2.41. The third-order valence-corrected chi connectivity index (χ3v) is 6.97. The predicted octanol–water partition coefficient (Wildman–Crippen LogP) is 2.82. The van der Waals surface area contributed by atoms with Gasteiger partial charge in [0.2, 0.25) is 5.91 Å². The third-order valence-electron chi connectivity index (χ3n) is 5.69. The highest BCUT2D eigenvalue weighted by Gasteiger charge is 2.43. The van der Waals surface area contributed by atoms with E-state index in [1.807, 2.05) is 0 Å². The first-order valence-corrected chi connectivity index (χ1v) is 10.8. The Morgan fingerprint density at radius 2 is 2.00 bits per heavy atom. The van der Waals surface area contributed by atoms with Gasteiger partial charge >= 0.3 is 5.97 Å². The number of nitrogens with zero attached hydrogens (tertiary/aromatic N) is 2. The van der Waals surface area contributed by atoms with Crippen LogP contribution < -0.4 is 0 Å². The Hall–Kier alpha value is -1.96. The van der Waals surface area contributed by atoms with Crippen LogP contribution in [0.2, 0.25) is 0 Å². The molecule has 0 radical (unpaired) electrons. The lowest BCUT2D eigenvalue weighted by atomic mass is 9.87. The van der Waals surface area contributed by atoms with E-state index < -0.39 is 12.0 Å². The Morgan fingerprint density at radius 3 is 2.61 bits per heavy atom. The van der Waals surface area contributed by atoms with E-state index in [9.17, 15) is 14.4 Å². The largest absolute Gasteiger partial charge is 0.466 e. The van der Waals surface area contributed by atoms with Crippen molar-refractivity contribution < 1.29 is 23.5 Å². The summed E-state index contributed by atoms with van der Waals surface area (Å²) >= 11 is 1.45. The van der Waals surface area contributed by atoms with Gasteiger partial charge in [-0.3, -0.25) is 9.59 Å². The topological polar surface area (TPSA) is 80.1 Å². The highest BCUT2D eigenvalue weighted by molar-refractivity contribution is 7.99. The van der Waals surface area contributed by atoms with Crippen LogP contribution in [0.3, 0.4) is 0 Å². The molecule has 3 rings (SSSR count). The van der Waals surface area contributed by atoms with Gasteiger partial charge in [-0.15, -0.1) is 11.8 Å².